The molecule has 0 radical (unpaired) electrons. The lowest BCUT2D eigenvalue weighted by molar-refractivity contribution is -0.118. The average Bonchev–Trinajstić information content (AvgIpc) is 3.15. The number of ether oxygens (including phenoxy) is 1. The number of carbonyl (C=O) groups excluding carboxylic acids is 1. The maximum Gasteiger partial charge on any atom is 0.264 e. The van der Waals surface area contributed by atoms with Gasteiger partial charge in [-0.25, -0.2) is 0 Å². The van der Waals surface area contributed by atoms with Crippen LogP contribution < -0.4 is 10.1 Å². The molecule has 7 heteroatoms. The molecule has 0 saturated heterocycles. The van der Waals surface area contributed by atoms with Crippen LogP contribution in [0.15, 0.2) is 24.3 Å². The molecule has 0 unspecified atom stereocenters. The van der Waals surface area contributed by atoms with Crippen molar-refractivity contribution in [3.8, 4) is 11.8 Å². The van der Waals surface area contributed by atoms with Gasteiger partial charge in [-0.3, -0.25) is 10.1 Å². The lowest BCUT2D eigenvalue weighted by Gasteiger charge is -2.55. The van der Waals surface area contributed by atoms with Crippen LogP contribution in [0.25, 0.3) is 0 Å². The Balaban J connectivity index is 1.21. The van der Waals surface area contributed by atoms with E-state index >= 15 is 0 Å². The van der Waals surface area contributed by atoms with Crippen molar-refractivity contribution < 1.29 is 9.53 Å². The number of nitrogens with zero attached hydrogens (tertiary/aromatic N) is 3. The molecule has 6 rings (SSSR count). The van der Waals surface area contributed by atoms with Crippen molar-refractivity contribution in [2.24, 2.45) is 17.8 Å². The second kappa shape index (κ2) is 6.85. The molecule has 4 aliphatic carbocycles. The Morgan fingerprint density at radius 2 is 1.79 bits per heavy atom. The molecule has 0 atom stereocenters. The van der Waals surface area contributed by atoms with E-state index in [4.69, 9.17) is 10.00 Å². The van der Waals surface area contributed by atoms with Crippen molar-refractivity contribution in [3.05, 3.63) is 34.8 Å². The van der Waals surface area contributed by atoms with Gasteiger partial charge in [0, 0.05) is 5.41 Å². The molecule has 6 nitrogen and oxygen atoms in total. The number of carbonyl (C=O) groups is 1. The van der Waals surface area contributed by atoms with Crippen LogP contribution in [0.5, 0.6) is 5.75 Å². The first kappa shape index (κ1) is 17.6. The topological polar surface area (TPSA) is 87.9 Å². The van der Waals surface area contributed by atoms with Gasteiger partial charge in [-0.15, -0.1) is 10.2 Å². The van der Waals surface area contributed by atoms with Crippen molar-refractivity contribution in [1.82, 2.24) is 10.2 Å². The zero-order chi connectivity index (χ0) is 19.1. The van der Waals surface area contributed by atoms with E-state index in [1.807, 2.05) is 0 Å². The largest absolute Gasteiger partial charge is 0.484 e. The fourth-order valence-corrected chi connectivity index (χ4v) is 6.77. The highest BCUT2D eigenvalue weighted by Crippen LogP contribution is 2.61. The summed E-state index contributed by atoms with van der Waals surface area (Å²) in [6.45, 7) is -0.0990. The van der Waals surface area contributed by atoms with Gasteiger partial charge in [-0.2, -0.15) is 5.26 Å². The summed E-state index contributed by atoms with van der Waals surface area (Å²) in [5.41, 5.74) is 0.761. The molecule has 4 aliphatic rings. The van der Waals surface area contributed by atoms with Gasteiger partial charge in [-0.05, 0) is 80.5 Å². The van der Waals surface area contributed by atoms with Crippen molar-refractivity contribution in [3.63, 3.8) is 0 Å². The number of anilines is 1. The first-order valence-electron chi connectivity index (χ1n) is 9.89. The maximum absolute atomic E-state index is 12.2. The molecule has 4 bridgehead atoms. The fraction of sp³-hybridized carbons (Fsp3) is 0.524. The lowest BCUT2D eigenvalue weighted by Crippen LogP contribution is -2.48. The summed E-state index contributed by atoms with van der Waals surface area (Å²) in [6, 6.07) is 8.74. The summed E-state index contributed by atoms with van der Waals surface area (Å²) in [5, 5.41) is 22.0. The van der Waals surface area contributed by atoms with Crippen LogP contribution in [-0.2, 0) is 10.2 Å². The first-order chi connectivity index (χ1) is 13.6. The summed E-state index contributed by atoms with van der Waals surface area (Å²) < 4.78 is 5.48. The van der Waals surface area contributed by atoms with Gasteiger partial charge >= 0.3 is 0 Å². The van der Waals surface area contributed by atoms with E-state index < -0.39 is 0 Å². The Morgan fingerprint density at radius 1 is 1.14 bits per heavy atom. The van der Waals surface area contributed by atoms with Crippen LogP contribution in [0.2, 0.25) is 0 Å². The highest BCUT2D eigenvalue weighted by molar-refractivity contribution is 7.15. The molecule has 4 fully saturated rings. The van der Waals surface area contributed by atoms with Crippen LogP contribution >= 0.6 is 11.3 Å². The minimum atomic E-state index is -0.252. The summed E-state index contributed by atoms with van der Waals surface area (Å²) >= 11 is 1.53. The number of nitrogens with one attached hydrogen (secondary N) is 1. The van der Waals surface area contributed by atoms with Gasteiger partial charge < -0.3 is 4.74 Å². The maximum atomic E-state index is 12.2. The highest BCUT2D eigenvalue weighted by atomic mass is 32.1. The predicted molar refractivity (Wildman–Crippen MR) is 105 cm³/mol. The minimum Gasteiger partial charge on any atom is -0.484 e. The Bertz CT molecular complexity index is 895. The number of rotatable bonds is 5. The molecule has 1 aromatic heterocycles. The van der Waals surface area contributed by atoms with E-state index in [9.17, 15) is 4.79 Å². The number of benzene rings is 1. The molecular weight excluding hydrogens is 372 g/mol. The summed E-state index contributed by atoms with van der Waals surface area (Å²) in [7, 11) is 0. The predicted octanol–water partition coefficient (Wildman–Crippen LogP) is 3.90. The Labute approximate surface area is 167 Å². The van der Waals surface area contributed by atoms with Gasteiger partial charge in [0.2, 0.25) is 5.13 Å². The zero-order valence-corrected chi connectivity index (χ0v) is 16.4. The monoisotopic (exact) mass is 394 g/mol. The zero-order valence-electron chi connectivity index (χ0n) is 15.6. The van der Waals surface area contributed by atoms with Gasteiger partial charge in [0.25, 0.3) is 5.91 Å². The minimum absolute atomic E-state index is 0.0990. The molecule has 144 valence electrons. The van der Waals surface area contributed by atoms with Crippen molar-refractivity contribution in [2.75, 3.05) is 11.9 Å². The number of hydrogen-bond acceptors (Lipinski definition) is 6. The summed E-state index contributed by atoms with van der Waals surface area (Å²) in [6.07, 6.45) is 7.91. The van der Waals surface area contributed by atoms with Crippen molar-refractivity contribution >= 4 is 22.4 Å². The van der Waals surface area contributed by atoms with Gasteiger partial charge in [0.1, 0.15) is 10.8 Å². The first-order valence-corrected chi connectivity index (χ1v) is 10.7. The SMILES string of the molecule is N#Cc1ccc(OCC(=O)Nc2nnc(C34CC5CC(CC(C5)C3)C4)s2)cc1. The summed E-state index contributed by atoms with van der Waals surface area (Å²) in [4.78, 5) is 12.2. The van der Waals surface area contributed by atoms with E-state index in [1.54, 1.807) is 24.3 Å². The van der Waals surface area contributed by atoms with Crippen LogP contribution in [0, 0.1) is 29.1 Å². The third-order valence-corrected chi connectivity index (χ3v) is 7.60. The molecule has 2 aromatic rings. The Kier molecular flexibility index (Phi) is 4.31. The molecule has 1 N–H and O–H groups in total. The molecule has 28 heavy (non-hydrogen) atoms. The van der Waals surface area contributed by atoms with Crippen LogP contribution in [-0.4, -0.2) is 22.7 Å². The van der Waals surface area contributed by atoms with E-state index in [0.717, 1.165) is 22.8 Å². The second-order valence-electron chi connectivity index (χ2n) is 8.58. The quantitative estimate of drug-likeness (QED) is 0.831. The third kappa shape index (κ3) is 3.26. The average molecular weight is 395 g/mol. The fourth-order valence-electron chi connectivity index (χ4n) is 5.79. The van der Waals surface area contributed by atoms with Crippen molar-refractivity contribution in [1.29, 1.82) is 5.26 Å². The standard InChI is InChI=1S/C21H22N4O2S/c22-11-13-1-3-17(4-2-13)27-12-18(26)23-20-25-24-19(28-20)21-8-14-5-15(9-21)7-16(6-14)10-21/h1-4,14-16H,5-10,12H2,(H,23,25,26). The highest BCUT2D eigenvalue weighted by Gasteiger charge is 2.53. The van der Waals surface area contributed by atoms with Gasteiger partial charge in [0.15, 0.2) is 6.61 Å². The van der Waals surface area contributed by atoms with E-state index in [-0.39, 0.29) is 17.9 Å². The molecule has 0 spiro atoms. The van der Waals surface area contributed by atoms with Crippen LogP contribution in [0.3, 0.4) is 0 Å². The molecular formula is C21H22N4O2S. The van der Waals surface area contributed by atoms with Crippen molar-refractivity contribution in [2.45, 2.75) is 43.9 Å². The lowest BCUT2D eigenvalue weighted by atomic mass is 9.50. The number of nitriles is 1. The molecule has 4 saturated carbocycles. The molecule has 0 aliphatic heterocycles. The van der Waals surface area contributed by atoms with Gasteiger partial charge in [-0.1, -0.05) is 11.3 Å². The van der Waals surface area contributed by atoms with Gasteiger partial charge in [0.05, 0.1) is 11.6 Å². The molecule has 1 aromatic carbocycles. The number of hydrogen-bond donors (Lipinski definition) is 1. The number of amides is 1. The smallest absolute Gasteiger partial charge is 0.264 e. The van der Waals surface area contributed by atoms with Crippen LogP contribution in [0.1, 0.15) is 49.1 Å². The normalized spacial score (nSPS) is 30.0. The van der Waals surface area contributed by atoms with E-state index in [0.29, 0.717) is 16.4 Å². The second-order valence-corrected chi connectivity index (χ2v) is 9.56. The van der Waals surface area contributed by atoms with E-state index in [1.165, 1.54) is 49.9 Å². The Hall–Kier alpha value is -2.46. The third-order valence-electron chi connectivity index (χ3n) is 6.52. The number of aromatic nitrogens is 2. The van der Waals surface area contributed by atoms with E-state index in [2.05, 4.69) is 21.6 Å². The van der Waals surface area contributed by atoms with Crippen LogP contribution in [0.4, 0.5) is 5.13 Å². The molecule has 1 heterocycles. The summed E-state index contributed by atoms with van der Waals surface area (Å²) in [5.74, 6) is 2.87. The Morgan fingerprint density at radius 3 is 2.39 bits per heavy atom. The molecule has 1 amide bonds.